The fraction of sp³-hybridized carbons (Fsp3) is 0.556. The number of carbonyl (C=O) groups excluding carboxylic acids is 2. The number of amides is 2. The summed E-state index contributed by atoms with van der Waals surface area (Å²) < 4.78 is 31.6. The zero-order chi connectivity index (χ0) is 18.7. The van der Waals surface area contributed by atoms with Gasteiger partial charge in [-0.25, -0.2) is 13.6 Å². The highest BCUT2D eigenvalue weighted by atomic mass is 19.3. The summed E-state index contributed by atoms with van der Waals surface area (Å²) in [5.74, 6) is -3.02. The smallest absolute Gasteiger partial charge is 0.407 e. The van der Waals surface area contributed by atoms with E-state index in [0.717, 1.165) is 0 Å². The van der Waals surface area contributed by atoms with Crippen LogP contribution in [0.5, 0.6) is 0 Å². The molecular formula is C18H23F2N2O3. The van der Waals surface area contributed by atoms with E-state index in [9.17, 15) is 18.4 Å². The van der Waals surface area contributed by atoms with Crippen molar-refractivity contribution in [1.29, 1.82) is 0 Å². The third kappa shape index (κ3) is 5.99. The third-order valence-electron chi connectivity index (χ3n) is 3.71. The van der Waals surface area contributed by atoms with E-state index >= 15 is 0 Å². The SMILES string of the molecule is CC(C)(C)OC(=O)NCc1cc[c]c(C(=O)N2CCC(F)(F)CC2)c1. The van der Waals surface area contributed by atoms with Gasteiger partial charge in [0.15, 0.2) is 0 Å². The summed E-state index contributed by atoms with van der Waals surface area (Å²) in [6.07, 6.45) is -1.19. The molecule has 1 aromatic carbocycles. The maximum absolute atomic E-state index is 13.2. The molecule has 1 N–H and O–H groups in total. The highest BCUT2D eigenvalue weighted by Crippen LogP contribution is 2.28. The number of hydrogen-bond donors (Lipinski definition) is 1. The molecule has 2 rings (SSSR count). The van der Waals surface area contributed by atoms with Crippen molar-refractivity contribution in [3.8, 4) is 0 Å². The predicted molar refractivity (Wildman–Crippen MR) is 88.4 cm³/mol. The van der Waals surface area contributed by atoms with E-state index in [1.165, 1.54) is 4.90 Å². The number of nitrogens with one attached hydrogen (secondary N) is 1. The van der Waals surface area contributed by atoms with E-state index in [1.807, 2.05) is 0 Å². The number of alkyl carbamates (subject to hydrolysis) is 1. The van der Waals surface area contributed by atoms with Crippen LogP contribution < -0.4 is 5.32 Å². The molecule has 0 aliphatic carbocycles. The van der Waals surface area contributed by atoms with Gasteiger partial charge in [0, 0.05) is 38.0 Å². The van der Waals surface area contributed by atoms with Gasteiger partial charge in [-0.1, -0.05) is 12.1 Å². The topological polar surface area (TPSA) is 58.6 Å². The van der Waals surface area contributed by atoms with Gasteiger partial charge < -0.3 is 15.0 Å². The first-order valence-corrected chi connectivity index (χ1v) is 8.20. The van der Waals surface area contributed by atoms with Crippen LogP contribution in [0.3, 0.4) is 0 Å². The molecule has 1 saturated heterocycles. The minimum Gasteiger partial charge on any atom is -0.444 e. The second kappa shape index (κ2) is 7.37. The van der Waals surface area contributed by atoms with Crippen LogP contribution >= 0.6 is 0 Å². The number of piperidine rings is 1. The van der Waals surface area contributed by atoms with Gasteiger partial charge in [-0.05, 0) is 38.5 Å². The van der Waals surface area contributed by atoms with E-state index in [2.05, 4.69) is 11.4 Å². The van der Waals surface area contributed by atoms with Crippen molar-refractivity contribution in [2.24, 2.45) is 0 Å². The van der Waals surface area contributed by atoms with Crippen LogP contribution in [-0.4, -0.2) is 41.5 Å². The van der Waals surface area contributed by atoms with Crippen molar-refractivity contribution < 1.29 is 23.1 Å². The molecule has 0 aromatic heterocycles. The standard InChI is InChI=1S/C18H23F2N2O3/c1-17(2,3)25-16(24)21-12-13-5-4-6-14(11-13)15(23)22-9-7-18(19,20)8-10-22/h4-5,11H,7-10,12H2,1-3H3,(H,21,24). The van der Waals surface area contributed by atoms with Crippen LogP contribution in [0.4, 0.5) is 13.6 Å². The first kappa shape index (κ1) is 19.1. The number of rotatable bonds is 3. The second-order valence-electron chi connectivity index (χ2n) is 7.11. The monoisotopic (exact) mass is 353 g/mol. The number of hydrogen-bond acceptors (Lipinski definition) is 3. The lowest BCUT2D eigenvalue weighted by Crippen LogP contribution is -2.42. The molecular weight excluding hydrogens is 330 g/mol. The van der Waals surface area contributed by atoms with Gasteiger partial charge in [-0.15, -0.1) is 0 Å². The Balaban J connectivity index is 1.94. The zero-order valence-corrected chi connectivity index (χ0v) is 14.7. The molecule has 1 radical (unpaired) electrons. The molecule has 1 heterocycles. The second-order valence-corrected chi connectivity index (χ2v) is 7.11. The van der Waals surface area contributed by atoms with Gasteiger partial charge in [-0.3, -0.25) is 4.79 Å². The molecule has 1 fully saturated rings. The summed E-state index contributed by atoms with van der Waals surface area (Å²) in [5.41, 5.74) is 0.412. The highest BCUT2D eigenvalue weighted by molar-refractivity contribution is 5.94. The minimum absolute atomic E-state index is 0.0278. The molecule has 0 unspecified atom stereocenters. The molecule has 137 valence electrons. The van der Waals surface area contributed by atoms with Gasteiger partial charge in [0.2, 0.25) is 0 Å². The maximum atomic E-state index is 13.2. The maximum Gasteiger partial charge on any atom is 0.407 e. The average Bonchev–Trinajstić information content (AvgIpc) is 2.51. The Kier molecular flexibility index (Phi) is 5.65. The number of likely N-dealkylation sites (tertiary alicyclic amines) is 1. The van der Waals surface area contributed by atoms with Gasteiger partial charge in [-0.2, -0.15) is 0 Å². The van der Waals surface area contributed by atoms with E-state index < -0.39 is 17.6 Å². The van der Waals surface area contributed by atoms with Gasteiger partial charge >= 0.3 is 6.09 Å². The Bertz CT molecular complexity index is 631. The van der Waals surface area contributed by atoms with E-state index in [0.29, 0.717) is 11.1 Å². The predicted octanol–water partition coefficient (Wildman–Crippen LogP) is 3.38. The molecule has 0 bridgehead atoms. The number of ether oxygens (including phenoxy) is 1. The molecule has 1 aliphatic rings. The van der Waals surface area contributed by atoms with Gasteiger partial charge in [0.1, 0.15) is 5.60 Å². The van der Waals surface area contributed by atoms with Crippen LogP contribution in [0.1, 0.15) is 49.5 Å². The molecule has 1 aliphatic heterocycles. The average molecular weight is 353 g/mol. The number of benzene rings is 1. The van der Waals surface area contributed by atoms with Crippen molar-refractivity contribution >= 4 is 12.0 Å². The highest BCUT2D eigenvalue weighted by Gasteiger charge is 2.35. The normalized spacial score (nSPS) is 17.1. The van der Waals surface area contributed by atoms with Crippen LogP contribution in [-0.2, 0) is 11.3 Å². The minimum atomic E-state index is -2.69. The van der Waals surface area contributed by atoms with Gasteiger partial charge in [0.25, 0.3) is 11.8 Å². The quantitative estimate of drug-likeness (QED) is 0.906. The lowest BCUT2D eigenvalue weighted by Gasteiger charge is -2.31. The molecule has 7 heteroatoms. The molecule has 1 aromatic rings. The van der Waals surface area contributed by atoms with E-state index in [-0.39, 0.29) is 38.4 Å². The molecule has 0 atom stereocenters. The summed E-state index contributed by atoms with van der Waals surface area (Å²) in [4.78, 5) is 25.5. The Labute approximate surface area is 146 Å². The Morgan fingerprint density at radius 3 is 2.56 bits per heavy atom. The first-order valence-electron chi connectivity index (χ1n) is 8.20. The van der Waals surface area contributed by atoms with Crippen molar-refractivity contribution in [2.45, 2.75) is 51.7 Å². The Morgan fingerprint density at radius 2 is 1.96 bits per heavy atom. The van der Waals surface area contributed by atoms with Gasteiger partial charge in [0.05, 0.1) is 0 Å². The summed E-state index contributed by atoms with van der Waals surface area (Å²) in [7, 11) is 0. The fourth-order valence-electron chi connectivity index (χ4n) is 2.44. The number of halogens is 2. The Morgan fingerprint density at radius 1 is 1.32 bits per heavy atom. The number of carbonyl (C=O) groups is 2. The third-order valence-corrected chi connectivity index (χ3v) is 3.71. The molecule has 0 spiro atoms. The van der Waals surface area contributed by atoms with E-state index in [1.54, 1.807) is 39.0 Å². The molecule has 25 heavy (non-hydrogen) atoms. The first-order chi connectivity index (χ1) is 11.6. The summed E-state index contributed by atoms with van der Waals surface area (Å²) >= 11 is 0. The Hall–Kier alpha value is -2.18. The van der Waals surface area contributed by atoms with E-state index in [4.69, 9.17) is 4.74 Å². The van der Waals surface area contributed by atoms with Crippen molar-refractivity contribution in [2.75, 3.05) is 13.1 Å². The van der Waals surface area contributed by atoms with Crippen LogP contribution in [0, 0.1) is 6.07 Å². The van der Waals surface area contributed by atoms with Crippen molar-refractivity contribution in [3.63, 3.8) is 0 Å². The summed E-state index contributed by atoms with van der Waals surface area (Å²) in [5, 5.41) is 2.61. The largest absolute Gasteiger partial charge is 0.444 e. The number of nitrogens with zero attached hydrogens (tertiary/aromatic N) is 1. The summed E-state index contributed by atoms with van der Waals surface area (Å²) in [6, 6.07) is 7.74. The van der Waals surface area contributed by atoms with Crippen LogP contribution in [0.15, 0.2) is 18.2 Å². The lowest BCUT2D eigenvalue weighted by atomic mass is 10.0. The fourth-order valence-corrected chi connectivity index (χ4v) is 2.44. The molecule has 0 saturated carbocycles. The van der Waals surface area contributed by atoms with Crippen molar-refractivity contribution in [3.05, 3.63) is 35.4 Å². The van der Waals surface area contributed by atoms with Crippen LogP contribution in [0.2, 0.25) is 0 Å². The molecule has 2 amide bonds. The van der Waals surface area contributed by atoms with Crippen LogP contribution in [0.25, 0.3) is 0 Å². The summed E-state index contributed by atoms with van der Waals surface area (Å²) in [6.45, 7) is 5.55. The van der Waals surface area contributed by atoms with Crippen molar-refractivity contribution in [1.82, 2.24) is 10.2 Å². The zero-order valence-electron chi connectivity index (χ0n) is 14.7. The number of alkyl halides is 2. The lowest BCUT2D eigenvalue weighted by molar-refractivity contribution is -0.0494. The molecule has 5 nitrogen and oxygen atoms in total.